The van der Waals surface area contributed by atoms with E-state index in [-0.39, 0.29) is 29.7 Å². The van der Waals surface area contributed by atoms with E-state index in [1.54, 1.807) is 47.4 Å². The maximum atomic E-state index is 13.3. The molecule has 1 atom stereocenters. The first-order chi connectivity index (χ1) is 17.9. The molecule has 1 heterocycles. The molecule has 4 rings (SSSR count). The number of hydrogen-bond acceptors (Lipinski definition) is 5. The van der Waals surface area contributed by atoms with E-state index in [0.29, 0.717) is 37.4 Å². The SMILES string of the molecule is CCCNS(=O)(=O)c1ccc(CCC(=O)N2C[C@@H](C(=O)NCc3ccccc3)Oc3ccccc32)cc1. The molecule has 0 unspecified atom stereocenters. The van der Waals surface area contributed by atoms with E-state index in [1.807, 2.05) is 43.3 Å². The van der Waals surface area contributed by atoms with Gasteiger partial charge in [0.15, 0.2) is 6.10 Å². The number of fused-ring (bicyclic) bond motifs is 1. The number of sulfonamides is 1. The van der Waals surface area contributed by atoms with Crippen LogP contribution < -0.4 is 19.7 Å². The summed E-state index contributed by atoms with van der Waals surface area (Å²) in [5.74, 6) is 0.0543. The van der Waals surface area contributed by atoms with Gasteiger partial charge in [-0.25, -0.2) is 13.1 Å². The van der Waals surface area contributed by atoms with Crippen molar-refractivity contribution in [2.75, 3.05) is 18.0 Å². The minimum absolute atomic E-state index is 0.108. The highest BCUT2D eigenvalue weighted by Crippen LogP contribution is 2.33. The zero-order valence-electron chi connectivity index (χ0n) is 20.7. The minimum Gasteiger partial charge on any atom is -0.477 e. The molecule has 0 aromatic heterocycles. The predicted molar refractivity (Wildman–Crippen MR) is 142 cm³/mol. The lowest BCUT2D eigenvalue weighted by molar-refractivity contribution is -0.128. The quantitative estimate of drug-likeness (QED) is 0.425. The second-order valence-electron chi connectivity index (χ2n) is 8.82. The maximum absolute atomic E-state index is 13.3. The summed E-state index contributed by atoms with van der Waals surface area (Å²) in [6.07, 6.45) is 0.515. The van der Waals surface area contributed by atoms with Crippen molar-refractivity contribution in [1.82, 2.24) is 10.0 Å². The number of carbonyl (C=O) groups excluding carboxylic acids is 2. The lowest BCUT2D eigenvalue weighted by atomic mass is 10.1. The van der Waals surface area contributed by atoms with Crippen LogP contribution in [0.15, 0.2) is 83.8 Å². The van der Waals surface area contributed by atoms with Crippen LogP contribution in [0.4, 0.5) is 5.69 Å². The van der Waals surface area contributed by atoms with Gasteiger partial charge in [-0.3, -0.25) is 9.59 Å². The van der Waals surface area contributed by atoms with Crippen molar-refractivity contribution >= 4 is 27.5 Å². The number of para-hydroxylation sites is 2. The first-order valence-electron chi connectivity index (χ1n) is 12.3. The van der Waals surface area contributed by atoms with Crippen LogP contribution in [0.2, 0.25) is 0 Å². The molecule has 1 aliphatic rings. The largest absolute Gasteiger partial charge is 0.477 e. The average Bonchev–Trinajstić information content (AvgIpc) is 2.93. The molecule has 8 nitrogen and oxygen atoms in total. The fourth-order valence-corrected chi connectivity index (χ4v) is 5.18. The van der Waals surface area contributed by atoms with Gasteiger partial charge in [-0.2, -0.15) is 0 Å². The van der Waals surface area contributed by atoms with Crippen molar-refractivity contribution in [1.29, 1.82) is 0 Å². The Hall–Kier alpha value is -3.69. The number of rotatable bonds is 10. The number of hydrogen-bond donors (Lipinski definition) is 2. The molecular weight excluding hydrogens is 490 g/mol. The molecule has 0 bridgehead atoms. The van der Waals surface area contributed by atoms with Gasteiger partial charge in [0.1, 0.15) is 5.75 Å². The first kappa shape index (κ1) is 26.4. The summed E-state index contributed by atoms with van der Waals surface area (Å²) >= 11 is 0. The van der Waals surface area contributed by atoms with E-state index in [2.05, 4.69) is 10.0 Å². The van der Waals surface area contributed by atoms with Gasteiger partial charge in [0.25, 0.3) is 5.91 Å². The summed E-state index contributed by atoms with van der Waals surface area (Å²) in [6.45, 7) is 2.76. The smallest absolute Gasteiger partial charge is 0.263 e. The number of carbonyl (C=O) groups is 2. The molecule has 0 aliphatic carbocycles. The van der Waals surface area contributed by atoms with Crippen molar-refractivity contribution < 1.29 is 22.7 Å². The number of nitrogens with zero attached hydrogens (tertiary/aromatic N) is 1. The van der Waals surface area contributed by atoms with Crippen LogP contribution in [0, 0.1) is 0 Å². The predicted octanol–water partition coefficient (Wildman–Crippen LogP) is 3.42. The molecule has 3 aromatic carbocycles. The molecule has 194 valence electrons. The summed E-state index contributed by atoms with van der Waals surface area (Å²) in [4.78, 5) is 27.9. The maximum Gasteiger partial charge on any atom is 0.263 e. The van der Waals surface area contributed by atoms with E-state index in [9.17, 15) is 18.0 Å². The van der Waals surface area contributed by atoms with E-state index in [1.165, 1.54) is 0 Å². The molecule has 0 spiro atoms. The van der Waals surface area contributed by atoms with Crippen LogP contribution in [0.5, 0.6) is 5.75 Å². The molecule has 2 N–H and O–H groups in total. The minimum atomic E-state index is -3.53. The Morgan fingerprint density at radius 1 is 0.946 bits per heavy atom. The summed E-state index contributed by atoms with van der Waals surface area (Å²) in [6, 6.07) is 23.3. The molecule has 2 amide bonds. The number of amides is 2. The Morgan fingerprint density at radius 2 is 1.65 bits per heavy atom. The van der Waals surface area contributed by atoms with Gasteiger partial charge >= 0.3 is 0 Å². The highest BCUT2D eigenvalue weighted by atomic mass is 32.2. The molecule has 0 radical (unpaired) electrons. The number of benzene rings is 3. The Kier molecular flexibility index (Phi) is 8.58. The van der Waals surface area contributed by atoms with Gasteiger partial charge < -0.3 is 15.0 Å². The topological polar surface area (TPSA) is 105 Å². The number of ether oxygens (including phenoxy) is 1. The normalized spacial score (nSPS) is 14.9. The Balaban J connectivity index is 1.40. The standard InChI is InChI=1S/C28H31N3O5S/c1-2-18-30-37(34,35)23-15-12-21(13-16-23)14-17-27(32)31-20-26(36-25-11-7-6-10-24(25)31)28(33)29-19-22-8-4-3-5-9-22/h3-13,15-16,26,30H,2,14,17-20H2,1H3,(H,29,33)/t26-/m0/s1. The zero-order chi connectivity index (χ0) is 26.3. The van der Waals surface area contributed by atoms with Crippen molar-refractivity contribution in [2.45, 2.75) is 43.7 Å². The Bertz CT molecular complexity index is 1330. The van der Waals surface area contributed by atoms with E-state index >= 15 is 0 Å². The van der Waals surface area contributed by atoms with Crippen molar-refractivity contribution in [3.05, 3.63) is 90.0 Å². The molecule has 37 heavy (non-hydrogen) atoms. The number of anilines is 1. The third-order valence-corrected chi connectivity index (χ3v) is 7.56. The highest BCUT2D eigenvalue weighted by molar-refractivity contribution is 7.89. The summed E-state index contributed by atoms with van der Waals surface area (Å²) in [7, 11) is -3.53. The molecule has 9 heteroatoms. The lowest BCUT2D eigenvalue weighted by Crippen LogP contribution is -2.50. The second kappa shape index (κ2) is 12.0. The van der Waals surface area contributed by atoms with Crippen LogP contribution in [0.3, 0.4) is 0 Å². The van der Waals surface area contributed by atoms with Crippen LogP contribution in [0.1, 0.15) is 30.9 Å². The Morgan fingerprint density at radius 3 is 2.38 bits per heavy atom. The fraction of sp³-hybridized carbons (Fsp3) is 0.286. The number of aryl methyl sites for hydroxylation is 1. The zero-order valence-corrected chi connectivity index (χ0v) is 21.5. The van der Waals surface area contributed by atoms with E-state index in [0.717, 1.165) is 11.1 Å². The Labute approximate surface area is 217 Å². The molecule has 0 fully saturated rings. The van der Waals surface area contributed by atoms with Crippen LogP contribution in [-0.2, 0) is 32.6 Å². The highest BCUT2D eigenvalue weighted by Gasteiger charge is 2.33. The fourth-order valence-electron chi connectivity index (χ4n) is 4.05. The monoisotopic (exact) mass is 521 g/mol. The molecular formula is C28H31N3O5S. The average molecular weight is 522 g/mol. The summed E-state index contributed by atoms with van der Waals surface area (Å²) < 4.78 is 33.1. The van der Waals surface area contributed by atoms with Gasteiger partial charge in [-0.1, -0.05) is 61.5 Å². The van der Waals surface area contributed by atoms with Crippen molar-refractivity contribution in [3.8, 4) is 5.75 Å². The third-order valence-electron chi connectivity index (χ3n) is 6.08. The van der Waals surface area contributed by atoms with Crippen LogP contribution in [0.25, 0.3) is 0 Å². The first-order valence-corrected chi connectivity index (χ1v) is 13.8. The van der Waals surface area contributed by atoms with Gasteiger partial charge in [0, 0.05) is 19.5 Å². The molecule has 0 saturated carbocycles. The summed E-state index contributed by atoms with van der Waals surface area (Å²) in [5, 5.41) is 2.89. The van der Waals surface area contributed by atoms with Crippen molar-refractivity contribution in [3.63, 3.8) is 0 Å². The molecule has 0 saturated heterocycles. The van der Waals surface area contributed by atoms with Crippen LogP contribution in [-0.4, -0.2) is 39.4 Å². The lowest BCUT2D eigenvalue weighted by Gasteiger charge is -2.34. The van der Waals surface area contributed by atoms with Gasteiger partial charge in [-0.05, 0) is 48.2 Å². The second-order valence-corrected chi connectivity index (χ2v) is 10.6. The van der Waals surface area contributed by atoms with E-state index < -0.39 is 16.1 Å². The summed E-state index contributed by atoms with van der Waals surface area (Å²) in [5.41, 5.74) is 2.45. The van der Waals surface area contributed by atoms with Gasteiger partial charge in [0.05, 0.1) is 17.1 Å². The van der Waals surface area contributed by atoms with Crippen molar-refractivity contribution in [2.24, 2.45) is 0 Å². The molecule has 3 aromatic rings. The number of nitrogens with one attached hydrogen (secondary N) is 2. The molecule has 1 aliphatic heterocycles. The van der Waals surface area contributed by atoms with Gasteiger partial charge in [-0.15, -0.1) is 0 Å². The van der Waals surface area contributed by atoms with Gasteiger partial charge in [0.2, 0.25) is 15.9 Å². The third kappa shape index (κ3) is 6.75. The van der Waals surface area contributed by atoms with Crippen LogP contribution >= 0.6 is 0 Å². The van der Waals surface area contributed by atoms with E-state index in [4.69, 9.17) is 4.74 Å².